The highest BCUT2D eigenvalue weighted by Crippen LogP contribution is 2.41. The van der Waals surface area contributed by atoms with Crippen LogP contribution < -0.4 is 9.47 Å². The molecule has 3 nitrogen and oxygen atoms in total. The second kappa shape index (κ2) is 3.95. The fraction of sp³-hybridized carbons (Fsp3) is 0.200. The highest BCUT2D eigenvalue weighted by atomic mass is 16.5. The van der Waals surface area contributed by atoms with Gasteiger partial charge < -0.3 is 13.9 Å². The smallest absolute Gasteiger partial charge is 0.142 e. The van der Waals surface area contributed by atoms with E-state index in [-0.39, 0.29) is 0 Å². The Balaban J connectivity index is 2.53. The predicted octanol–water partition coefficient (Wildman–Crippen LogP) is 3.91. The predicted molar refractivity (Wildman–Crippen MR) is 71.6 cm³/mol. The van der Waals surface area contributed by atoms with Crippen LogP contribution in [0.25, 0.3) is 21.9 Å². The Kier molecular flexibility index (Phi) is 2.40. The minimum absolute atomic E-state index is 0.776. The van der Waals surface area contributed by atoms with Crippen molar-refractivity contribution in [3.63, 3.8) is 0 Å². The largest absolute Gasteiger partial charge is 0.496 e. The van der Waals surface area contributed by atoms with E-state index in [1.165, 1.54) is 0 Å². The van der Waals surface area contributed by atoms with Crippen molar-refractivity contribution in [1.29, 1.82) is 0 Å². The van der Waals surface area contributed by atoms with Crippen molar-refractivity contribution in [1.82, 2.24) is 0 Å². The van der Waals surface area contributed by atoms with Gasteiger partial charge in [-0.15, -0.1) is 0 Å². The fourth-order valence-electron chi connectivity index (χ4n) is 2.39. The molecule has 0 aliphatic rings. The number of hydrogen-bond acceptors (Lipinski definition) is 3. The number of ether oxygens (including phenoxy) is 2. The minimum Gasteiger partial charge on any atom is -0.496 e. The zero-order chi connectivity index (χ0) is 12.7. The van der Waals surface area contributed by atoms with E-state index in [0.717, 1.165) is 39.0 Å². The molecule has 3 aromatic rings. The van der Waals surface area contributed by atoms with Gasteiger partial charge in [0.05, 0.1) is 19.6 Å². The summed E-state index contributed by atoms with van der Waals surface area (Å²) < 4.78 is 16.7. The first-order valence-electron chi connectivity index (χ1n) is 5.79. The molecule has 0 amide bonds. The first-order chi connectivity index (χ1) is 8.76. The van der Waals surface area contributed by atoms with Gasteiger partial charge in [0, 0.05) is 17.0 Å². The van der Waals surface area contributed by atoms with Crippen LogP contribution >= 0.6 is 0 Å². The number of hydrogen-bond donors (Lipinski definition) is 0. The molecule has 92 valence electrons. The Morgan fingerprint density at radius 3 is 2.50 bits per heavy atom. The molecule has 0 aliphatic heterocycles. The monoisotopic (exact) mass is 242 g/mol. The van der Waals surface area contributed by atoms with Crippen LogP contribution in [0.3, 0.4) is 0 Å². The number of fused-ring (bicyclic) bond motifs is 3. The molecule has 0 fully saturated rings. The molecule has 0 atom stereocenters. The van der Waals surface area contributed by atoms with Gasteiger partial charge in [-0.25, -0.2) is 0 Å². The van der Waals surface area contributed by atoms with Crippen molar-refractivity contribution in [3.8, 4) is 11.5 Å². The van der Waals surface area contributed by atoms with E-state index in [9.17, 15) is 0 Å². The van der Waals surface area contributed by atoms with Crippen LogP contribution in [0.15, 0.2) is 34.7 Å². The average Bonchev–Trinajstić information content (AvgIpc) is 2.76. The summed E-state index contributed by atoms with van der Waals surface area (Å²) in [6.07, 6.45) is 0. The molecule has 0 bridgehead atoms. The van der Waals surface area contributed by atoms with E-state index >= 15 is 0 Å². The van der Waals surface area contributed by atoms with E-state index in [1.807, 2.05) is 37.3 Å². The number of methoxy groups -OCH3 is 2. The van der Waals surface area contributed by atoms with Crippen molar-refractivity contribution in [2.24, 2.45) is 0 Å². The maximum absolute atomic E-state index is 5.83. The minimum atomic E-state index is 0.776. The van der Waals surface area contributed by atoms with Crippen molar-refractivity contribution in [2.75, 3.05) is 14.2 Å². The Morgan fingerprint density at radius 1 is 1.00 bits per heavy atom. The molecule has 1 aromatic heterocycles. The van der Waals surface area contributed by atoms with Gasteiger partial charge in [-0.05, 0) is 13.0 Å². The van der Waals surface area contributed by atoms with Crippen LogP contribution in [0.4, 0.5) is 0 Å². The van der Waals surface area contributed by atoms with Gasteiger partial charge in [-0.1, -0.05) is 18.2 Å². The molecule has 0 spiro atoms. The van der Waals surface area contributed by atoms with E-state index in [1.54, 1.807) is 14.2 Å². The topological polar surface area (TPSA) is 31.6 Å². The second-order valence-electron chi connectivity index (χ2n) is 4.21. The van der Waals surface area contributed by atoms with Crippen molar-refractivity contribution in [3.05, 3.63) is 35.9 Å². The van der Waals surface area contributed by atoms with Crippen molar-refractivity contribution < 1.29 is 13.9 Å². The first-order valence-corrected chi connectivity index (χ1v) is 5.79. The Bertz CT molecular complexity index is 725. The average molecular weight is 242 g/mol. The summed E-state index contributed by atoms with van der Waals surface area (Å²) in [5.74, 6) is 1.59. The second-order valence-corrected chi connectivity index (χ2v) is 4.21. The lowest BCUT2D eigenvalue weighted by molar-refractivity contribution is 0.392. The molecular weight excluding hydrogens is 228 g/mol. The van der Waals surface area contributed by atoms with Crippen LogP contribution in [-0.2, 0) is 0 Å². The van der Waals surface area contributed by atoms with Crippen LogP contribution in [0, 0.1) is 6.92 Å². The van der Waals surface area contributed by atoms with Gasteiger partial charge in [0.25, 0.3) is 0 Å². The third-order valence-electron chi connectivity index (χ3n) is 3.25. The SMILES string of the molecule is COc1cc2oc3ccccc3c2c(OC)c1C. The summed E-state index contributed by atoms with van der Waals surface area (Å²) in [7, 11) is 3.32. The third kappa shape index (κ3) is 1.37. The summed E-state index contributed by atoms with van der Waals surface area (Å²) in [6.45, 7) is 1.98. The molecule has 18 heavy (non-hydrogen) atoms. The molecule has 3 heteroatoms. The summed E-state index contributed by atoms with van der Waals surface area (Å²) in [6, 6.07) is 9.86. The molecule has 0 radical (unpaired) electrons. The molecule has 0 N–H and O–H groups in total. The van der Waals surface area contributed by atoms with Gasteiger partial charge in [-0.2, -0.15) is 0 Å². The summed E-state index contributed by atoms with van der Waals surface area (Å²) >= 11 is 0. The van der Waals surface area contributed by atoms with Gasteiger partial charge in [0.1, 0.15) is 22.7 Å². The van der Waals surface area contributed by atoms with E-state index in [0.29, 0.717) is 0 Å². The van der Waals surface area contributed by atoms with Gasteiger partial charge >= 0.3 is 0 Å². The first kappa shape index (κ1) is 11.0. The fourth-order valence-corrected chi connectivity index (χ4v) is 2.39. The Labute approximate surface area is 105 Å². The quantitative estimate of drug-likeness (QED) is 0.682. The molecule has 2 aromatic carbocycles. The van der Waals surface area contributed by atoms with Gasteiger partial charge in [0.2, 0.25) is 0 Å². The van der Waals surface area contributed by atoms with Crippen molar-refractivity contribution >= 4 is 21.9 Å². The summed E-state index contributed by atoms with van der Waals surface area (Å²) in [4.78, 5) is 0. The highest BCUT2D eigenvalue weighted by Gasteiger charge is 2.17. The van der Waals surface area contributed by atoms with Crippen molar-refractivity contribution in [2.45, 2.75) is 6.92 Å². The van der Waals surface area contributed by atoms with Crippen LogP contribution in [0.1, 0.15) is 5.56 Å². The van der Waals surface area contributed by atoms with E-state index in [2.05, 4.69) is 0 Å². The third-order valence-corrected chi connectivity index (χ3v) is 3.25. The number of furan rings is 1. The Morgan fingerprint density at radius 2 is 1.78 bits per heavy atom. The highest BCUT2D eigenvalue weighted by molar-refractivity contribution is 6.09. The zero-order valence-corrected chi connectivity index (χ0v) is 10.6. The normalized spacial score (nSPS) is 11.1. The maximum atomic E-state index is 5.83. The standard InChI is InChI=1S/C15H14O3/c1-9-12(16-2)8-13-14(15(9)17-3)10-6-4-5-7-11(10)18-13/h4-8H,1-3H3. The van der Waals surface area contributed by atoms with E-state index < -0.39 is 0 Å². The zero-order valence-electron chi connectivity index (χ0n) is 10.6. The van der Waals surface area contributed by atoms with Crippen LogP contribution in [0.5, 0.6) is 11.5 Å². The summed E-state index contributed by atoms with van der Waals surface area (Å²) in [5, 5.41) is 2.07. The number of rotatable bonds is 2. The molecule has 1 heterocycles. The maximum Gasteiger partial charge on any atom is 0.142 e. The van der Waals surface area contributed by atoms with E-state index in [4.69, 9.17) is 13.9 Å². The lowest BCUT2D eigenvalue weighted by atomic mass is 10.1. The molecule has 0 saturated heterocycles. The molecule has 3 rings (SSSR count). The molecule has 0 aliphatic carbocycles. The van der Waals surface area contributed by atoms with Crippen LogP contribution in [-0.4, -0.2) is 14.2 Å². The number of para-hydroxylation sites is 1. The van der Waals surface area contributed by atoms with Crippen LogP contribution in [0.2, 0.25) is 0 Å². The lowest BCUT2D eigenvalue weighted by Gasteiger charge is -2.10. The molecular formula is C15H14O3. The van der Waals surface area contributed by atoms with Gasteiger partial charge in [-0.3, -0.25) is 0 Å². The molecule has 0 saturated carbocycles. The summed E-state index contributed by atoms with van der Waals surface area (Å²) in [5.41, 5.74) is 2.63. The Hall–Kier alpha value is -2.16. The number of benzene rings is 2. The van der Waals surface area contributed by atoms with Gasteiger partial charge in [0.15, 0.2) is 0 Å². The lowest BCUT2D eigenvalue weighted by Crippen LogP contribution is -1.92. The molecule has 0 unspecified atom stereocenters.